The maximum atomic E-state index is 13.6. The molecule has 0 aliphatic carbocycles. The maximum absolute atomic E-state index is 13.6. The third-order valence-electron chi connectivity index (χ3n) is 6.04. The topological polar surface area (TPSA) is 121 Å². The first kappa shape index (κ1) is 24.5. The Morgan fingerprint density at radius 1 is 1.26 bits per heavy atom. The van der Waals surface area contributed by atoms with E-state index in [1.807, 2.05) is 11.8 Å². The molecule has 0 bridgehead atoms. The molecule has 1 unspecified atom stereocenters. The third kappa shape index (κ3) is 5.23. The molecule has 1 atom stereocenters. The number of nitrogens with zero attached hydrogens (tertiary/aromatic N) is 2. The van der Waals surface area contributed by atoms with Gasteiger partial charge >= 0.3 is 0 Å². The maximum Gasteiger partial charge on any atom is 0.253 e. The van der Waals surface area contributed by atoms with Gasteiger partial charge in [0.05, 0.1) is 36.9 Å². The van der Waals surface area contributed by atoms with Gasteiger partial charge in [-0.25, -0.2) is 4.39 Å². The predicted octanol–water partition coefficient (Wildman–Crippen LogP) is 2.59. The Morgan fingerprint density at radius 3 is 2.69 bits per heavy atom. The standard InChI is InChI=1S/C25H29FN4O5/c1-15(28-17-3-4-20(26)21(27)13-17)18-11-16(25(33)29(2)5-8-31)12-19-22(32)14-23(35-24(18)19)30-6-9-34-10-7-30/h3-4,11-15,28,31H,5-10,27H2,1-2H3. The van der Waals surface area contributed by atoms with E-state index in [2.05, 4.69) is 5.32 Å². The number of ether oxygens (including phenoxy) is 1. The fraction of sp³-hybridized carbons (Fsp3) is 0.360. The number of morpholine rings is 1. The molecule has 35 heavy (non-hydrogen) atoms. The van der Waals surface area contributed by atoms with Crippen LogP contribution in [0, 0.1) is 5.82 Å². The van der Waals surface area contributed by atoms with E-state index in [9.17, 15) is 19.1 Å². The minimum Gasteiger partial charge on any atom is -0.440 e. The summed E-state index contributed by atoms with van der Waals surface area (Å²) in [5, 5.41) is 12.8. The molecule has 186 valence electrons. The van der Waals surface area contributed by atoms with Gasteiger partial charge in [0.25, 0.3) is 5.91 Å². The van der Waals surface area contributed by atoms with Crippen LogP contribution in [0.15, 0.2) is 45.6 Å². The lowest BCUT2D eigenvalue weighted by atomic mass is 9.99. The van der Waals surface area contributed by atoms with Crippen molar-refractivity contribution < 1.29 is 23.4 Å². The highest BCUT2D eigenvalue weighted by Gasteiger charge is 2.22. The zero-order valence-corrected chi connectivity index (χ0v) is 19.7. The quantitative estimate of drug-likeness (QED) is 0.438. The summed E-state index contributed by atoms with van der Waals surface area (Å²) in [5.74, 6) is -0.423. The first-order valence-corrected chi connectivity index (χ1v) is 11.4. The molecule has 9 nitrogen and oxygen atoms in total. The second kappa shape index (κ2) is 10.3. The van der Waals surface area contributed by atoms with Gasteiger partial charge in [-0.05, 0) is 37.3 Å². The zero-order valence-electron chi connectivity index (χ0n) is 19.7. The molecule has 3 aromatic rings. The number of aliphatic hydroxyl groups excluding tert-OH is 1. The molecule has 1 saturated heterocycles. The van der Waals surface area contributed by atoms with Gasteiger partial charge in [-0.15, -0.1) is 0 Å². The van der Waals surface area contributed by atoms with Crippen molar-refractivity contribution in [2.75, 3.05) is 62.5 Å². The van der Waals surface area contributed by atoms with Gasteiger partial charge in [0.15, 0.2) is 11.3 Å². The summed E-state index contributed by atoms with van der Waals surface area (Å²) in [6.07, 6.45) is 0. The number of halogens is 1. The number of nitrogens with one attached hydrogen (secondary N) is 1. The normalized spacial score (nSPS) is 14.7. The van der Waals surface area contributed by atoms with E-state index in [0.29, 0.717) is 54.6 Å². The van der Waals surface area contributed by atoms with Crippen LogP contribution < -0.4 is 21.4 Å². The minimum absolute atomic E-state index is 0.00255. The lowest BCUT2D eigenvalue weighted by Gasteiger charge is -2.27. The number of likely N-dealkylation sites (N-methyl/N-ethyl adjacent to an activating group) is 1. The Morgan fingerprint density at radius 2 is 2.00 bits per heavy atom. The van der Waals surface area contributed by atoms with Crippen molar-refractivity contribution in [3.63, 3.8) is 0 Å². The molecule has 0 radical (unpaired) electrons. The second-order valence-corrected chi connectivity index (χ2v) is 8.54. The van der Waals surface area contributed by atoms with Gasteiger partial charge in [0.2, 0.25) is 0 Å². The Hall–Kier alpha value is -3.63. The van der Waals surface area contributed by atoms with Crippen LogP contribution in [0.2, 0.25) is 0 Å². The van der Waals surface area contributed by atoms with E-state index in [-0.39, 0.29) is 35.6 Å². The number of fused-ring (bicyclic) bond motifs is 1. The number of rotatable bonds is 7. The van der Waals surface area contributed by atoms with Crippen LogP contribution in [0.4, 0.5) is 21.6 Å². The van der Waals surface area contributed by atoms with Crippen molar-refractivity contribution in [2.45, 2.75) is 13.0 Å². The largest absolute Gasteiger partial charge is 0.440 e. The highest BCUT2D eigenvalue weighted by molar-refractivity contribution is 5.98. The fourth-order valence-corrected chi connectivity index (χ4v) is 4.09. The summed E-state index contributed by atoms with van der Waals surface area (Å²) in [6, 6.07) is 8.50. The molecule has 1 amide bonds. The SMILES string of the molecule is CC(Nc1ccc(F)c(N)c1)c1cc(C(=O)N(C)CCO)cc2c(=O)cc(N3CCOCC3)oc12. The summed E-state index contributed by atoms with van der Waals surface area (Å²) >= 11 is 0. The van der Waals surface area contributed by atoms with E-state index in [0.717, 1.165) is 0 Å². The van der Waals surface area contributed by atoms with Gasteiger partial charge in [-0.1, -0.05) is 0 Å². The predicted molar refractivity (Wildman–Crippen MR) is 132 cm³/mol. The van der Waals surface area contributed by atoms with E-state index in [1.165, 1.54) is 29.2 Å². The number of aliphatic hydroxyl groups is 1. The number of hydrogen-bond donors (Lipinski definition) is 3. The molecule has 0 spiro atoms. The molecule has 4 rings (SSSR count). The second-order valence-electron chi connectivity index (χ2n) is 8.54. The first-order chi connectivity index (χ1) is 16.8. The van der Waals surface area contributed by atoms with Gasteiger partial charge < -0.3 is 35.1 Å². The van der Waals surface area contributed by atoms with Crippen LogP contribution in [0.3, 0.4) is 0 Å². The molecular weight excluding hydrogens is 455 g/mol. The van der Waals surface area contributed by atoms with E-state index >= 15 is 0 Å². The van der Waals surface area contributed by atoms with Gasteiger partial charge in [0.1, 0.15) is 11.4 Å². The number of benzene rings is 2. The molecule has 2 aromatic carbocycles. The van der Waals surface area contributed by atoms with Crippen molar-refractivity contribution >= 4 is 34.1 Å². The number of anilines is 3. The molecule has 4 N–H and O–H groups in total. The van der Waals surface area contributed by atoms with E-state index < -0.39 is 11.9 Å². The minimum atomic E-state index is -0.519. The average molecular weight is 485 g/mol. The zero-order chi connectivity index (χ0) is 25.1. The highest BCUT2D eigenvalue weighted by Crippen LogP contribution is 2.31. The average Bonchev–Trinajstić information content (AvgIpc) is 2.86. The molecule has 0 saturated carbocycles. The fourth-order valence-electron chi connectivity index (χ4n) is 4.09. The molecule has 10 heteroatoms. The van der Waals surface area contributed by atoms with Crippen molar-refractivity contribution in [1.29, 1.82) is 0 Å². The van der Waals surface area contributed by atoms with Crippen molar-refractivity contribution in [1.82, 2.24) is 4.90 Å². The van der Waals surface area contributed by atoms with Gasteiger partial charge in [-0.2, -0.15) is 0 Å². The van der Waals surface area contributed by atoms with Crippen molar-refractivity contribution in [3.8, 4) is 0 Å². The Balaban J connectivity index is 1.82. The summed E-state index contributed by atoms with van der Waals surface area (Å²) < 4.78 is 25.3. The van der Waals surface area contributed by atoms with Crippen LogP contribution in [0.25, 0.3) is 11.0 Å². The summed E-state index contributed by atoms with van der Waals surface area (Å²) in [7, 11) is 1.58. The number of carbonyl (C=O) groups excluding carboxylic acids is 1. The van der Waals surface area contributed by atoms with Crippen LogP contribution in [0.1, 0.15) is 28.9 Å². The first-order valence-electron chi connectivity index (χ1n) is 11.4. The van der Waals surface area contributed by atoms with E-state index in [4.69, 9.17) is 14.9 Å². The molecule has 2 heterocycles. The van der Waals surface area contributed by atoms with E-state index in [1.54, 1.807) is 19.2 Å². The van der Waals surface area contributed by atoms with Crippen molar-refractivity contribution in [2.24, 2.45) is 0 Å². The molecule has 1 aromatic heterocycles. The summed E-state index contributed by atoms with van der Waals surface area (Å²) in [6.45, 7) is 4.06. The summed E-state index contributed by atoms with van der Waals surface area (Å²) in [5.41, 5.74) is 7.25. The number of amides is 1. The monoisotopic (exact) mass is 484 g/mol. The van der Waals surface area contributed by atoms with Crippen LogP contribution in [0.5, 0.6) is 0 Å². The smallest absolute Gasteiger partial charge is 0.253 e. The number of carbonyl (C=O) groups is 1. The van der Waals surface area contributed by atoms with Crippen molar-refractivity contribution in [3.05, 3.63) is 63.6 Å². The Labute approximate surface area is 201 Å². The number of nitrogen functional groups attached to an aromatic ring is 1. The molecular formula is C25H29FN4O5. The number of nitrogens with two attached hydrogens (primary N) is 1. The van der Waals surface area contributed by atoms with Gasteiger partial charge in [-0.3, -0.25) is 9.59 Å². The van der Waals surface area contributed by atoms with Gasteiger partial charge in [0, 0.05) is 49.6 Å². The molecule has 1 aliphatic heterocycles. The Bertz CT molecular complexity index is 1290. The lowest BCUT2D eigenvalue weighted by Crippen LogP contribution is -2.36. The Kier molecular flexibility index (Phi) is 7.23. The van der Waals surface area contributed by atoms with Crippen LogP contribution in [-0.2, 0) is 4.74 Å². The summed E-state index contributed by atoms with van der Waals surface area (Å²) in [4.78, 5) is 29.5. The van der Waals surface area contributed by atoms with Crippen LogP contribution >= 0.6 is 0 Å². The molecule has 1 fully saturated rings. The number of hydrogen-bond acceptors (Lipinski definition) is 8. The van der Waals surface area contributed by atoms with Crippen LogP contribution in [-0.4, -0.2) is 62.4 Å². The lowest BCUT2D eigenvalue weighted by molar-refractivity contribution is 0.0767. The third-order valence-corrected chi connectivity index (χ3v) is 6.04. The molecule has 1 aliphatic rings. The highest BCUT2D eigenvalue weighted by atomic mass is 19.1.